The number of carbonyl (C=O) groups excluding carboxylic acids is 1. The molecule has 0 saturated carbocycles. The van der Waals surface area contributed by atoms with Crippen LogP contribution < -0.4 is 0 Å². The summed E-state index contributed by atoms with van der Waals surface area (Å²) in [6, 6.07) is 0. The maximum absolute atomic E-state index is 12.2. The second-order valence-electron chi connectivity index (χ2n) is 4.76. The highest BCUT2D eigenvalue weighted by atomic mass is 16.7. The Kier molecular flexibility index (Phi) is 4.69. The first-order chi connectivity index (χ1) is 7.52. The summed E-state index contributed by atoms with van der Waals surface area (Å²) in [5.74, 6) is 0.755. The number of hydrogen-bond acceptors (Lipinski definition) is 3. The van der Waals surface area contributed by atoms with Gasteiger partial charge in [-0.3, -0.25) is 4.79 Å². The number of methoxy groups -OCH3 is 2. The first-order valence-electron chi connectivity index (χ1n) is 5.79. The van der Waals surface area contributed by atoms with E-state index in [2.05, 4.69) is 13.8 Å². The molecular weight excluding hydrogens is 204 g/mol. The van der Waals surface area contributed by atoms with Crippen molar-refractivity contribution < 1.29 is 14.3 Å². The molecule has 0 radical (unpaired) electrons. The predicted octanol–water partition coefficient (Wildman–Crippen LogP) is 2.41. The Labute approximate surface area is 97.8 Å². The van der Waals surface area contributed by atoms with Gasteiger partial charge in [0.05, 0.1) is 5.92 Å². The van der Waals surface area contributed by atoms with E-state index in [1.807, 2.05) is 13.0 Å². The zero-order chi connectivity index (χ0) is 12.3. The molecule has 0 bridgehead atoms. The molecule has 0 aliphatic heterocycles. The number of Topliss-reactive ketones (excluding diaryl/α,β-unsaturated/α-hetero) is 1. The van der Waals surface area contributed by atoms with Crippen LogP contribution in [0.25, 0.3) is 0 Å². The molecule has 3 nitrogen and oxygen atoms in total. The molecule has 16 heavy (non-hydrogen) atoms. The van der Waals surface area contributed by atoms with E-state index < -0.39 is 6.29 Å². The van der Waals surface area contributed by atoms with Crippen LogP contribution >= 0.6 is 0 Å². The number of ether oxygens (including phenoxy) is 2. The number of carbonyl (C=O) groups is 1. The summed E-state index contributed by atoms with van der Waals surface area (Å²) < 4.78 is 10.5. The largest absolute Gasteiger partial charge is 0.355 e. The van der Waals surface area contributed by atoms with E-state index in [-0.39, 0.29) is 11.7 Å². The highest BCUT2D eigenvalue weighted by molar-refractivity contribution is 5.97. The van der Waals surface area contributed by atoms with E-state index in [0.29, 0.717) is 11.8 Å². The minimum Gasteiger partial charge on any atom is -0.355 e. The van der Waals surface area contributed by atoms with Gasteiger partial charge in [0.15, 0.2) is 12.1 Å². The summed E-state index contributed by atoms with van der Waals surface area (Å²) >= 11 is 0. The van der Waals surface area contributed by atoms with Crippen molar-refractivity contribution in [3.8, 4) is 0 Å². The minimum atomic E-state index is -0.427. The molecule has 0 fully saturated rings. The number of ketones is 1. The van der Waals surface area contributed by atoms with Crippen molar-refractivity contribution in [1.82, 2.24) is 0 Å². The molecule has 0 aromatic heterocycles. The van der Waals surface area contributed by atoms with Crippen LogP contribution in [0.2, 0.25) is 0 Å². The maximum Gasteiger partial charge on any atom is 0.167 e. The Morgan fingerprint density at radius 1 is 1.31 bits per heavy atom. The predicted molar refractivity (Wildman–Crippen MR) is 63.0 cm³/mol. The van der Waals surface area contributed by atoms with Crippen LogP contribution in [0.4, 0.5) is 0 Å². The third-order valence-corrected chi connectivity index (χ3v) is 3.46. The van der Waals surface area contributed by atoms with Crippen molar-refractivity contribution in [3.63, 3.8) is 0 Å². The molecule has 0 unspecified atom stereocenters. The van der Waals surface area contributed by atoms with Crippen LogP contribution in [0, 0.1) is 17.8 Å². The Bertz CT molecular complexity index is 277. The average Bonchev–Trinajstić information content (AvgIpc) is 2.25. The molecule has 0 spiro atoms. The summed E-state index contributed by atoms with van der Waals surface area (Å²) in [4.78, 5) is 12.2. The Morgan fingerprint density at radius 2 is 1.88 bits per heavy atom. The Balaban J connectivity index is 2.98. The lowest BCUT2D eigenvalue weighted by atomic mass is 9.73. The van der Waals surface area contributed by atoms with E-state index in [4.69, 9.17) is 9.47 Å². The standard InChI is InChI=1S/C13H22O3/c1-8(2)10-7-6-9(3)12(14)11(10)13(15-4)16-5/h6,8,10-11,13H,7H2,1-5H3/t10-,11-/m1/s1. The zero-order valence-electron chi connectivity index (χ0n) is 10.8. The van der Waals surface area contributed by atoms with E-state index >= 15 is 0 Å². The van der Waals surface area contributed by atoms with Gasteiger partial charge in [0.2, 0.25) is 0 Å². The van der Waals surface area contributed by atoms with Gasteiger partial charge in [-0.25, -0.2) is 0 Å². The highest BCUT2D eigenvalue weighted by Crippen LogP contribution is 2.35. The molecule has 0 aromatic rings. The molecule has 0 N–H and O–H groups in total. The van der Waals surface area contributed by atoms with Gasteiger partial charge in [0.25, 0.3) is 0 Å². The zero-order valence-corrected chi connectivity index (χ0v) is 10.8. The van der Waals surface area contributed by atoms with Crippen molar-refractivity contribution in [2.24, 2.45) is 17.8 Å². The van der Waals surface area contributed by atoms with Crippen LogP contribution in [0.1, 0.15) is 27.2 Å². The fourth-order valence-electron chi connectivity index (χ4n) is 2.42. The fraction of sp³-hybridized carbons (Fsp3) is 0.769. The summed E-state index contributed by atoms with van der Waals surface area (Å²) in [7, 11) is 3.18. The first kappa shape index (κ1) is 13.4. The van der Waals surface area contributed by atoms with Crippen LogP contribution in [0.5, 0.6) is 0 Å². The van der Waals surface area contributed by atoms with Crippen molar-refractivity contribution in [2.75, 3.05) is 14.2 Å². The van der Waals surface area contributed by atoms with Crippen LogP contribution in [0.3, 0.4) is 0 Å². The van der Waals surface area contributed by atoms with E-state index in [1.54, 1.807) is 14.2 Å². The van der Waals surface area contributed by atoms with Crippen molar-refractivity contribution in [1.29, 1.82) is 0 Å². The van der Waals surface area contributed by atoms with Gasteiger partial charge in [0.1, 0.15) is 0 Å². The van der Waals surface area contributed by atoms with Gasteiger partial charge in [-0.05, 0) is 30.8 Å². The lowest BCUT2D eigenvalue weighted by molar-refractivity contribution is -0.165. The monoisotopic (exact) mass is 226 g/mol. The lowest BCUT2D eigenvalue weighted by Gasteiger charge is -2.35. The number of hydrogen-bond donors (Lipinski definition) is 0. The third kappa shape index (κ3) is 2.53. The SMILES string of the molecule is COC(OC)[C@H]1C(=O)C(C)=CC[C@@H]1C(C)C. The minimum absolute atomic E-state index is 0.165. The third-order valence-electron chi connectivity index (χ3n) is 3.46. The maximum atomic E-state index is 12.2. The van der Waals surface area contributed by atoms with Gasteiger partial charge in [-0.15, -0.1) is 0 Å². The van der Waals surface area contributed by atoms with Crippen molar-refractivity contribution in [3.05, 3.63) is 11.6 Å². The van der Waals surface area contributed by atoms with Crippen LogP contribution in [-0.4, -0.2) is 26.3 Å². The fourth-order valence-corrected chi connectivity index (χ4v) is 2.42. The summed E-state index contributed by atoms with van der Waals surface area (Å²) in [5, 5.41) is 0. The van der Waals surface area contributed by atoms with Crippen LogP contribution in [0.15, 0.2) is 11.6 Å². The molecule has 3 heteroatoms. The Hall–Kier alpha value is -0.670. The lowest BCUT2D eigenvalue weighted by Crippen LogP contribution is -2.41. The molecule has 0 saturated heterocycles. The average molecular weight is 226 g/mol. The summed E-state index contributed by atoms with van der Waals surface area (Å²) in [6.45, 7) is 6.15. The number of allylic oxidation sites excluding steroid dienone is 2. The smallest absolute Gasteiger partial charge is 0.167 e. The molecule has 0 aromatic carbocycles. The molecule has 92 valence electrons. The summed E-state index contributed by atoms with van der Waals surface area (Å²) in [6.07, 6.45) is 2.54. The molecule has 1 aliphatic carbocycles. The second kappa shape index (κ2) is 5.60. The molecular formula is C13H22O3. The van der Waals surface area contributed by atoms with Crippen molar-refractivity contribution in [2.45, 2.75) is 33.5 Å². The second-order valence-corrected chi connectivity index (χ2v) is 4.76. The Morgan fingerprint density at radius 3 is 2.31 bits per heavy atom. The normalized spacial score (nSPS) is 26.4. The van der Waals surface area contributed by atoms with E-state index in [0.717, 1.165) is 12.0 Å². The number of rotatable bonds is 4. The quantitative estimate of drug-likeness (QED) is 0.691. The van der Waals surface area contributed by atoms with Gasteiger partial charge in [-0.1, -0.05) is 19.9 Å². The van der Waals surface area contributed by atoms with Crippen LogP contribution in [-0.2, 0) is 14.3 Å². The summed E-state index contributed by atoms with van der Waals surface area (Å²) in [5.41, 5.74) is 0.834. The van der Waals surface area contributed by atoms with Gasteiger partial charge in [-0.2, -0.15) is 0 Å². The topological polar surface area (TPSA) is 35.5 Å². The van der Waals surface area contributed by atoms with E-state index in [1.165, 1.54) is 0 Å². The van der Waals surface area contributed by atoms with Gasteiger partial charge < -0.3 is 9.47 Å². The van der Waals surface area contributed by atoms with Gasteiger partial charge >= 0.3 is 0 Å². The molecule has 0 heterocycles. The van der Waals surface area contributed by atoms with Gasteiger partial charge in [0, 0.05) is 14.2 Å². The van der Waals surface area contributed by atoms with E-state index in [9.17, 15) is 4.79 Å². The van der Waals surface area contributed by atoms with Crippen molar-refractivity contribution >= 4 is 5.78 Å². The molecule has 1 aliphatic rings. The molecule has 2 atom stereocenters. The molecule has 0 amide bonds. The first-order valence-corrected chi connectivity index (χ1v) is 5.79. The highest BCUT2D eigenvalue weighted by Gasteiger charge is 2.39. The molecule has 1 rings (SSSR count).